The Kier molecular flexibility index (Phi) is 15.0. The average Bonchev–Trinajstić information content (AvgIpc) is 3.61. The van der Waals surface area contributed by atoms with Gasteiger partial charge in [0.2, 0.25) is 20.7 Å². The van der Waals surface area contributed by atoms with Crippen LogP contribution >= 0.6 is 11.3 Å². The first-order chi connectivity index (χ1) is 29.8. The average molecular weight is 904 g/mol. The fourth-order valence-corrected chi connectivity index (χ4v) is 9.59. The van der Waals surface area contributed by atoms with E-state index in [9.17, 15) is 24.0 Å². The van der Waals surface area contributed by atoms with E-state index in [1.54, 1.807) is 36.4 Å². The van der Waals surface area contributed by atoms with E-state index in [-0.39, 0.29) is 16.6 Å². The molecule has 0 saturated carbocycles. The molecule has 3 aromatic carbocycles. The lowest BCUT2D eigenvalue weighted by Crippen LogP contribution is -2.64. The highest BCUT2D eigenvalue weighted by molar-refractivity contribution is 7.22. The van der Waals surface area contributed by atoms with Crippen molar-refractivity contribution in [1.82, 2.24) is 4.90 Å². The maximum atomic E-state index is 14.6. The molecule has 63 heavy (non-hydrogen) atoms. The zero-order valence-corrected chi connectivity index (χ0v) is 39.2. The zero-order valence-electron chi connectivity index (χ0n) is 37.4. The lowest BCUT2D eigenvalue weighted by atomic mass is 9.97. The Hall–Kier alpha value is -5.29. The normalized spacial score (nSPS) is 20.6. The minimum absolute atomic E-state index is 0.0244. The number of benzene rings is 3. The molecule has 5 unspecified atom stereocenters. The number of carbonyl (C=O) groups excluding carboxylic acids is 5. The van der Waals surface area contributed by atoms with Crippen molar-refractivity contribution in [2.24, 2.45) is 0 Å². The second-order valence-corrected chi connectivity index (χ2v) is 23.0. The van der Waals surface area contributed by atoms with E-state index < -0.39 is 62.9 Å². The number of thiophene rings is 1. The Morgan fingerprint density at radius 3 is 1.95 bits per heavy atom. The van der Waals surface area contributed by atoms with Crippen molar-refractivity contribution in [3.8, 4) is 27.7 Å². The number of methoxy groups -OCH3 is 1. The summed E-state index contributed by atoms with van der Waals surface area (Å²) in [5, 5.41) is 0.751. The molecule has 16 heteroatoms. The molecule has 0 spiro atoms. The van der Waals surface area contributed by atoms with Gasteiger partial charge < -0.3 is 37.6 Å². The smallest absolute Gasteiger partial charge is 0.339 e. The quantitative estimate of drug-likeness (QED) is 0.0487. The summed E-state index contributed by atoms with van der Waals surface area (Å²) in [5.74, 6) is -1.86. The van der Waals surface area contributed by atoms with Crippen LogP contribution in [0, 0.1) is 0 Å². The second kappa shape index (κ2) is 20.0. The summed E-state index contributed by atoms with van der Waals surface area (Å²) in [6.07, 6.45) is -3.95. The van der Waals surface area contributed by atoms with Gasteiger partial charge in [-0.3, -0.25) is 24.1 Å². The van der Waals surface area contributed by atoms with Crippen molar-refractivity contribution in [2.45, 2.75) is 110 Å². The van der Waals surface area contributed by atoms with Crippen LogP contribution in [0.25, 0.3) is 20.5 Å². The zero-order chi connectivity index (χ0) is 45.6. The van der Waals surface area contributed by atoms with Gasteiger partial charge in [0.05, 0.1) is 7.11 Å². The lowest BCUT2D eigenvalue weighted by molar-refractivity contribution is -0.282. The fraction of sp³-hybridized carbons (Fsp3) is 0.468. The van der Waals surface area contributed by atoms with Gasteiger partial charge >= 0.3 is 23.9 Å². The molecule has 0 amide bonds. The van der Waals surface area contributed by atoms with Gasteiger partial charge in [-0.2, -0.15) is 0 Å². The molecule has 5 atom stereocenters. The number of rotatable bonds is 15. The number of nitrogens with zero attached hydrogens (tertiary/aromatic N) is 1. The molecule has 3 heterocycles. The number of piperidine rings is 1. The molecule has 0 aliphatic carbocycles. The summed E-state index contributed by atoms with van der Waals surface area (Å²) >= 11 is 1.46. The van der Waals surface area contributed by atoms with Crippen LogP contribution in [0.1, 0.15) is 76.7 Å². The topological polar surface area (TPSA) is 162 Å². The number of ether oxygens (including phenoxy) is 7. The second-order valence-electron chi connectivity index (χ2n) is 17.2. The number of likely N-dealkylation sites (tertiary alicyclic amines) is 1. The molecule has 2 aliphatic rings. The van der Waals surface area contributed by atoms with Crippen molar-refractivity contribution in [1.29, 1.82) is 0 Å². The first kappa shape index (κ1) is 47.2. The first-order valence-electron chi connectivity index (χ1n) is 21.1. The number of fused-ring (bicyclic) bond motifs is 1. The Balaban J connectivity index is 1.32. The van der Waals surface area contributed by atoms with Crippen molar-refractivity contribution >= 4 is 59.4 Å². The summed E-state index contributed by atoms with van der Waals surface area (Å²) in [6.45, 7) is 17.9. The van der Waals surface area contributed by atoms with Gasteiger partial charge in [-0.25, -0.2) is 4.79 Å². The van der Waals surface area contributed by atoms with Crippen LogP contribution in [0.2, 0.25) is 18.1 Å². The third-order valence-corrected chi connectivity index (χ3v) is 17.1. The van der Waals surface area contributed by atoms with Crippen molar-refractivity contribution in [3.63, 3.8) is 0 Å². The maximum absolute atomic E-state index is 14.6. The lowest BCUT2D eigenvalue weighted by Gasteiger charge is -2.43. The summed E-state index contributed by atoms with van der Waals surface area (Å²) in [5.41, 5.74) is 1.73. The SMILES string of the molecule is COC(=O)C1OC(Oc2ccc(-c3sc4cc(O[Si](C)(C)C(C)(C)C)ccc4c3C(=O)c3ccc(OCCN4CCCCC4)cc3)cc2)C(OC(C)=O)C(OC(C)=O)C1OC(C)=O. The van der Waals surface area contributed by atoms with Crippen LogP contribution in [0.3, 0.4) is 0 Å². The van der Waals surface area contributed by atoms with Gasteiger partial charge in [-0.05, 0) is 116 Å². The van der Waals surface area contributed by atoms with Gasteiger partial charge in [-0.1, -0.05) is 27.2 Å². The summed E-state index contributed by atoms with van der Waals surface area (Å²) in [7, 11) is -1.07. The highest BCUT2D eigenvalue weighted by Crippen LogP contribution is 2.44. The predicted octanol–water partition coefficient (Wildman–Crippen LogP) is 8.12. The number of esters is 4. The van der Waals surface area contributed by atoms with Crippen LogP contribution in [0.4, 0.5) is 0 Å². The van der Waals surface area contributed by atoms with Gasteiger partial charge in [-0.15, -0.1) is 11.3 Å². The highest BCUT2D eigenvalue weighted by Gasteiger charge is 2.56. The third-order valence-electron chi connectivity index (χ3n) is 11.5. The van der Waals surface area contributed by atoms with Crippen molar-refractivity contribution in [2.75, 3.05) is 33.4 Å². The van der Waals surface area contributed by atoms with E-state index in [1.165, 1.54) is 30.6 Å². The summed E-state index contributed by atoms with van der Waals surface area (Å²) < 4.78 is 47.0. The molecule has 2 fully saturated rings. The molecule has 0 N–H and O–H groups in total. The van der Waals surface area contributed by atoms with E-state index in [0.29, 0.717) is 33.9 Å². The Morgan fingerprint density at radius 2 is 1.35 bits per heavy atom. The van der Waals surface area contributed by atoms with Gasteiger partial charge in [0.15, 0.2) is 24.1 Å². The molecule has 14 nitrogen and oxygen atoms in total. The molecule has 4 aromatic rings. The van der Waals surface area contributed by atoms with Crippen LogP contribution in [0.15, 0.2) is 66.7 Å². The van der Waals surface area contributed by atoms with E-state index in [4.69, 9.17) is 37.6 Å². The Bertz CT molecular complexity index is 2280. The number of hydrogen-bond donors (Lipinski definition) is 0. The minimum Gasteiger partial charge on any atom is -0.543 e. The number of carbonyl (C=O) groups is 5. The molecule has 1 aromatic heterocycles. The molecule has 6 rings (SSSR count). The van der Waals surface area contributed by atoms with Crippen LogP contribution in [0.5, 0.6) is 17.2 Å². The largest absolute Gasteiger partial charge is 0.543 e. The van der Waals surface area contributed by atoms with Crippen LogP contribution in [-0.4, -0.2) is 107 Å². The predicted molar refractivity (Wildman–Crippen MR) is 239 cm³/mol. The molecule has 0 bridgehead atoms. The third kappa shape index (κ3) is 11.5. The molecule has 338 valence electrons. The Morgan fingerprint density at radius 1 is 0.762 bits per heavy atom. The van der Waals surface area contributed by atoms with E-state index in [0.717, 1.165) is 63.4 Å². The van der Waals surface area contributed by atoms with Crippen molar-refractivity contribution < 1.29 is 61.6 Å². The van der Waals surface area contributed by atoms with E-state index in [1.807, 2.05) is 30.3 Å². The van der Waals surface area contributed by atoms with Gasteiger partial charge in [0.1, 0.15) is 23.9 Å². The fourth-order valence-electron chi connectivity index (χ4n) is 7.33. The van der Waals surface area contributed by atoms with E-state index >= 15 is 0 Å². The summed E-state index contributed by atoms with van der Waals surface area (Å²) in [6, 6.07) is 19.9. The molecular weight excluding hydrogens is 847 g/mol. The summed E-state index contributed by atoms with van der Waals surface area (Å²) in [4.78, 5) is 67.4. The minimum atomic E-state index is -2.18. The molecular formula is C47H57NO13SSi. The van der Waals surface area contributed by atoms with Gasteiger partial charge in [0.25, 0.3) is 0 Å². The molecule has 2 aliphatic heterocycles. The van der Waals surface area contributed by atoms with Crippen LogP contribution in [-0.2, 0) is 42.9 Å². The molecule has 0 radical (unpaired) electrons. The van der Waals surface area contributed by atoms with Crippen molar-refractivity contribution in [3.05, 3.63) is 77.9 Å². The number of hydrogen-bond acceptors (Lipinski definition) is 15. The Labute approximate surface area is 373 Å². The molecule has 2 saturated heterocycles. The maximum Gasteiger partial charge on any atom is 0.339 e. The standard InChI is InChI=1S/C47H57NO13SSi/c1-28(49)56-40-41(57-29(2)50)43(58-30(3)51)46(60-42(40)45(53)54-7)59-34-19-15-32(16-20-34)44-38(36-22-21-35(27-37(36)62-44)61-63(8,9)47(4,5)6)39(52)31-13-17-33(18-14-31)55-26-25-48-23-11-10-12-24-48/h13-22,27,40-43,46H,10-12,23-26H2,1-9H3. The number of ketones is 1. The van der Waals surface area contributed by atoms with Gasteiger partial charge in [0, 0.05) is 53.4 Å². The van der Waals surface area contributed by atoms with Crippen LogP contribution < -0.4 is 13.9 Å². The van der Waals surface area contributed by atoms with E-state index in [2.05, 4.69) is 38.8 Å². The first-order valence-corrected chi connectivity index (χ1v) is 24.8. The highest BCUT2D eigenvalue weighted by atomic mass is 32.1. The monoisotopic (exact) mass is 903 g/mol.